The fourth-order valence-electron chi connectivity index (χ4n) is 2.64. The third kappa shape index (κ3) is 3.75. The number of sulfone groups is 1. The average molecular weight is 380 g/mol. The first-order chi connectivity index (χ1) is 11.8. The molecule has 0 N–H and O–H groups in total. The lowest BCUT2D eigenvalue weighted by atomic mass is 10.1. The third-order valence-electron chi connectivity index (χ3n) is 3.99. The predicted octanol–water partition coefficient (Wildman–Crippen LogP) is 3.75. The average Bonchev–Trinajstić information content (AvgIpc) is 2.91. The summed E-state index contributed by atoms with van der Waals surface area (Å²) in [5.41, 5.74) is 1.58. The normalized spacial score (nSPS) is 18.3. The Morgan fingerprint density at radius 1 is 1.20 bits per heavy atom. The van der Waals surface area contributed by atoms with Gasteiger partial charge in [-0.1, -0.05) is 17.7 Å². The summed E-state index contributed by atoms with van der Waals surface area (Å²) in [7, 11) is -3.36. The Morgan fingerprint density at radius 3 is 2.44 bits per heavy atom. The van der Waals surface area contributed by atoms with Gasteiger partial charge in [0.05, 0.1) is 11.8 Å². The fraction of sp³-hybridized carbons (Fsp3) is 0.167. The smallest absolute Gasteiger partial charge is 0.258 e. The van der Waals surface area contributed by atoms with Gasteiger partial charge in [-0.2, -0.15) is 0 Å². The number of hydrogen-bond acceptors (Lipinski definition) is 3. The molecular weight excluding hydrogens is 365 g/mol. The zero-order valence-corrected chi connectivity index (χ0v) is 14.9. The summed E-state index contributed by atoms with van der Waals surface area (Å²) in [6.45, 7) is 1.83. The van der Waals surface area contributed by atoms with Crippen molar-refractivity contribution in [3.63, 3.8) is 0 Å². The second kappa shape index (κ2) is 6.61. The summed E-state index contributed by atoms with van der Waals surface area (Å²) < 4.78 is 36.7. The van der Waals surface area contributed by atoms with Crippen molar-refractivity contribution < 1.29 is 17.6 Å². The van der Waals surface area contributed by atoms with Crippen molar-refractivity contribution in [1.82, 2.24) is 0 Å². The van der Waals surface area contributed by atoms with Crippen LogP contribution in [0, 0.1) is 12.7 Å². The van der Waals surface area contributed by atoms with Crippen LogP contribution in [0.1, 0.15) is 15.9 Å². The fourth-order valence-corrected chi connectivity index (χ4v) is 4.09. The SMILES string of the molecule is Cc1ccc(N(C(=O)c2ccc(F)cc2)[C@@H]2C=CS(=O)(=O)C2)cc1Cl. The largest absolute Gasteiger partial charge is 0.300 e. The highest BCUT2D eigenvalue weighted by Gasteiger charge is 2.32. The molecule has 0 unspecified atom stereocenters. The Kier molecular flexibility index (Phi) is 4.67. The van der Waals surface area contributed by atoms with E-state index in [4.69, 9.17) is 11.6 Å². The first-order valence-electron chi connectivity index (χ1n) is 7.53. The molecule has 0 aliphatic carbocycles. The molecular formula is C18H15ClFNO3S. The van der Waals surface area contributed by atoms with E-state index in [2.05, 4.69) is 0 Å². The van der Waals surface area contributed by atoms with Gasteiger partial charge in [0.25, 0.3) is 5.91 Å². The van der Waals surface area contributed by atoms with Gasteiger partial charge in [-0.05, 0) is 55.0 Å². The van der Waals surface area contributed by atoms with Gasteiger partial charge in [-0.25, -0.2) is 12.8 Å². The van der Waals surface area contributed by atoms with Crippen LogP contribution in [-0.2, 0) is 9.84 Å². The molecule has 25 heavy (non-hydrogen) atoms. The number of carbonyl (C=O) groups is 1. The highest BCUT2D eigenvalue weighted by Crippen LogP contribution is 2.29. The molecule has 1 aliphatic rings. The number of benzene rings is 2. The summed E-state index contributed by atoms with van der Waals surface area (Å²) in [4.78, 5) is 14.4. The molecule has 7 heteroatoms. The van der Waals surface area contributed by atoms with E-state index in [0.717, 1.165) is 11.0 Å². The lowest BCUT2D eigenvalue weighted by Crippen LogP contribution is -2.41. The molecule has 0 aromatic heterocycles. The number of anilines is 1. The van der Waals surface area contributed by atoms with E-state index in [1.807, 2.05) is 6.92 Å². The molecule has 2 aromatic carbocycles. The topological polar surface area (TPSA) is 54.5 Å². The van der Waals surface area contributed by atoms with Gasteiger partial charge in [-0.3, -0.25) is 4.79 Å². The van der Waals surface area contributed by atoms with Gasteiger partial charge < -0.3 is 4.90 Å². The van der Waals surface area contributed by atoms with Crippen molar-refractivity contribution in [2.45, 2.75) is 13.0 Å². The van der Waals surface area contributed by atoms with Crippen LogP contribution in [0.25, 0.3) is 0 Å². The van der Waals surface area contributed by atoms with Crippen LogP contribution in [0.15, 0.2) is 53.9 Å². The zero-order valence-electron chi connectivity index (χ0n) is 13.3. The molecule has 4 nitrogen and oxygen atoms in total. The van der Waals surface area contributed by atoms with Crippen LogP contribution in [-0.4, -0.2) is 26.1 Å². The van der Waals surface area contributed by atoms with Crippen molar-refractivity contribution in [3.8, 4) is 0 Å². The summed E-state index contributed by atoms with van der Waals surface area (Å²) >= 11 is 6.17. The molecule has 3 rings (SSSR count). The van der Waals surface area contributed by atoms with Crippen molar-refractivity contribution in [3.05, 3.63) is 75.9 Å². The molecule has 0 saturated heterocycles. The third-order valence-corrected chi connectivity index (χ3v) is 5.77. The van der Waals surface area contributed by atoms with E-state index < -0.39 is 27.6 Å². The van der Waals surface area contributed by atoms with Crippen LogP contribution in [0.4, 0.5) is 10.1 Å². The lowest BCUT2D eigenvalue weighted by molar-refractivity contribution is 0.0983. The number of rotatable bonds is 3. The minimum atomic E-state index is -3.36. The van der Waals surface area contributed by atoms with Crippen LogP contribution >= 0.6 is 11.6 Å². The number of halogens is 2. The van der Waals surface area contributed by atoms with Crippen molar-refractivity contribution in [1.29, 1.82) is 0 Å². The Hall–Kier alpha value is -2.18. The molecule has 0 spiro atoms. The minimum Gasteiger partial charge on any atom is -0.300 e. The number of hydrogen-bond donors (Lipinski definition) is 0. The maximum atomic E-state index is 13.1. The van der Waals surface area contributed by atoms with Gasteiger partial charge in [-0.15, -0.1) is 0 Å². The first kappa shape index (κ1) is 17.6. The van der Waals surface area contributed by atoms with Crippen LogP contribution < -0.4 is 4.90 Å². The predicted molar refractivity (Wildman–Crippen MR) is 96.1 cm³/mol. The second-order valence-corrected chi connectivity index (χ2v) is 8.18. The highest BCUT2D eigenvalue weighted by molar-refractivity contribution is 7.94. The van der Waals surface area contributed by atoms with E-state index in [-0.39, 0.29) is 11.3 Å². The number of carbonyl (C=O) groups excluding carboxylic acids is 1. The molecule has 130 valence electrons. The van der Waals surface area contributed by atoms with E-state index in [0.29, 0.717) is 10.7 Å². The first-order valence-corrected chi connectivity index (χ1v) is 9.62. The minimum absolute atomic E-state index is 0.203. The van der Waals surface area contributed by atoms with Gasteiger partial charge >= 0.3 is 0 Å². The van der Waals surface area contributed by atoms with E-state index in [9.17, 15) is 17.6 Å². The maximum absolute atomic E-state index is 13.1. The van der Waals surface area contributed by atoms with E-state index >= 15 is 0 Å². The Balaban J connectivity index is 2.05. The lowest BCUT2D eigenvalue weighted by Gasteiger charge is -2.28. The van der Waals surface area contributed by atoms with Crippen molar-refractivity contribution >= 4 is 33.0 Å². The van der Waals surface area contributed by atoms with Crippen molar-refractivity contribution in [2.75, 3.05) is 10.7 Å². The van der Waals surface area contributed by atoms with E-state index in [1.165, 1.54) is 35.2 Å². The molecule has 1 heterocycles. The van der Waals surface area contributed by atoms with Gasteiger partial charge in [0.1, 0.15) is 5.82 Å². The Bertz CT molecular complexity index is 955. The molecule has 1 amide bonds. The Morgan fingerprint density at radius 2 is 1.88 bits per heavy atom. The number of nitrogens with zero attached hydrogens (tertiary/aromatic N) is 1. The molecule has 2 aromatic rings. The summed E-state index contributed by atoms with van der Waals surface area (Å²) in [6.07, 6.45) is 1.48. The number of aryl methyl sites for hydroxylation is 1. The Labute approximate surface area is 150 Å². The molecule has 1 aliphatic heterocycles. The molecule has 0 radical (unpaired) electrons. The highest BCUT2D eigenvalue weighted by atomic mass is 35.5. The molecule has 1 atom stereocenters. The molecule has 0 fully saturated rings. The van der Waals surface area contributed by atoms with E-state index in [1.54, 1.807) is 18.2 Å². The summed E-state index contributed by atoms with van der Waals surface area (Å²) in [5, 5.41) is 1.58. The van der Waals surface area contributed by atoms with Gasteiger partial charge in [0.15, 0.2) is 9.84 Å². The van der Waals surface area contributed by atoms with Crippen molar-refractivity contribution in [2.24, 2.45) is 0 Å². The van der Waals surface area contributed by atoms with Gasteiger partial charge in [0.2, 0.25) is 0 Å². The quantitative estimate of drug-likeness (QED) is 0.816. The standard InChI is InChI=1S/C18H15ClFNO3S/c1-12-2-7-15(10-17(12)19)21(16-8-9-25(23,24)11-16)18(22)13-3-5-14(20)6-4-13/h2-10,16H,11H2,1H3/t16-/m1/s1. The number of amides is 1. The molecule has 0 saturated carbocycles. The maximum Gasteiger partial charge on any atom is 0.258 e. The second-order valence-electron chi connectivity index (χ2n) is 5.84. The summed E-state index contributed by atoms with van der Waals surface area (Å²) in [5.74, 6) is -1.08. The van der Waals surface area contributed by atoms with Gasteiger partial charge in [0, 0.05) is 21.7 Å². The van der Waals surface area contributed by atoms with Crippen LogP contribution in [0.5, 0.6) is 0 Å². The van der Waals surface area contributed by atoms with Crippen LogP contribution in [0.3, 0.4) is 0 Å². The molecule has 0 bridgehead atoms. The van der Waals surface area contributed by atoms with Crippen LogP contribution in [0.2, 0.25) is 5.02 Å². The summed E-state index contributed by atoms with van der Waals surface area (Å²) in [6, 6.07) is 9.56. The monoisotopic (exact) mass is 379 g/mol. The zero-order chi connectivity index (χ0) is 18.2.